The van der Waals surface area contributed by atoms with E-state index in [1.807, 2.05) is 6.92 Å². The lowest BCUT2D eigenvalue weighted by molar-refractivity contribution is 0.0923. The van der Waals surface area contributed by atoms with Gasteiger partial charge in [0.15, 0.2) is 0 Å². The minimum absolute atomic E-state index is 0.214. The monoisotopic (exact) mass is 346 g/mol. The Kier molecular flexibility index (Phi) is 6.94. The highest BCUT2D eigenvalue weighted by molar-refractivity contribution is 5.94. The van der Waals surface area contributed by atoms with Crippen LogP contribution in [0, 0.1) is 6.92 Å². The number of rotatable bonds is 9. The van der Waals surface area contributed by atoms with Crippen molar-refractivity contribution in [3.8, 4) is 0 Å². The zero-order valence-electron chi connectivity index (χ0n) is 15.0. The second-order valence-corrected chi connectivity index (χ2v) is 6.11. The van der Waals surface area contributed by atoms with Gasteiger partial charge in [-0.2, -0.15) is 0 Å². The van der Waals surface area contributed by atoms with Crippen molar-refractivity contribution in [1.82, 2.24) is 15.5 Å². The number of carbonyl (C=O) groups excluding carboxylic acids is 1. The molecule has 25 heavy (non-hydrogen) atoms. The smallest absolute Gasteiger partial charge is 0.252 e. The molecule has 2 heterocycles. The normalized spacial score (nSPS) is 12.0. The summed E-state index contributed by atoms with van der Waals surface area (Å²) in [5.41, 5.74) is 2.51. The molecule has 2 aromatic rings. The molecule has 1 unspecified atom stereocenters. The molecule has 0 saturated carbocycles. The third kappa shape index (κ3) is 5.56. The highest BCUT2D eigenvalue weighted by Gasteiger charge is 2.12. The lowest BCUT2D eigenvalue weighted by Crippen LogP contribution is -2.30. The number of aliphatic hydroxyl groups is 1. The molecule has 0 saturated heterocycles. The van der Waals surface area contributed by atoms with Crippen LogP contribution in [0.15, 0.2) is 22.9 Å². The number of aryl methyl sites for hydroxylation is 2. The molecule has 1 amide bonds. The van der Waals surface area contributed by atoms with Crippen molar-refractivity contribution in [2.45, 2.75) is 52.7 Å². The number of nitrogens with one attached hydrogen (secondary N) is 2. The van der Waals surface area contributed by atoms with Crippen LogP contribution in [-0.4, -0.2) is 33.8 Å². The molecule has 136 valence electrons. The number of hydrogen-bond donors (Lipinski definition) is 3. The number of aliphatic hydroxyl groups excluding tert-OH is 1. The average molecular weight is 346 g/mol. The Morgan fingerprint density at radius 2 is 2.20 bits per heavy atom. The van der Waals surface area contributed by atoms with Gasteiger partial charge in [-0.3, -0.25) is 4.79 Å². The zero-order chi connectivity index (χ0) is 18.2. The van der Waals surface area contributed by atoms with Crippen molar-refractivity contribution in [3.63, 3.8) is 0 Å². The predicted molar refractivity (Wildman–Crippen MR) is 95.4 cm³/mol. The molecule has 0 fully saturated rings. The Hall–Kier alpha value is -2.41. The van der Waals surface area contributed by atoms with E-state index in [1.165, 1.54) is 6.20 Å². The first kappa shape index (κ1) is 18.9. The molecule has 0 aliphatic carbocycles. The maximum atomic E-state index is 11.9. The standard InChI is InChI=1S/C18H26N4O3/c1-4-5-6-16-15(13(3)25-22-16)11-20-17-8-7-14(10-19-17)18(24)21-9-12(2)23/h7-8,10,12,23H,4-6,9,11H2,1-3H3,(H,19,20)(H,21,24). The summed E-state index contributed by atoms with van der Waals surface area (Å²) >= 11 is 0. The van der Waals surface area contributed by atoms with Gasteiger partial charge in [-0.25, -0.2) is 4.98 Å². The van der Waals surface area contributed by atoms with E-state index in [9.17, 15) is 9.90 Å². The minimum Gasteiger partial charge on any atom is -0.392 e. The van der Waals surface area contributed by atoms with Gasteiger partial charge in [0.2, 0.25) is 0 Å². The molecule has 7 heteroatoms. The van der Waals surface area contributed by atoms with Crippen LogP contribution >= 0.6 is 0 Å². The summed E-state index contributed by atoms with van der Waals surface area (Å²) in [5.74, 6) is 1.23. The van der Waals surface area contributed by atoms with Crippen molar-refractivity contribution >= 4 is 11.7 Å². The number of aromatic nitrogens is 2. The van der Waals surface area contributed by atoms with Crippen LogP contribution < -0.4 is 10.6 Å². The summed E-state index contributed by atoms with van der Waals surface area (Å²) < 4.78 is 5.29. The Morgan fingerprint density at radius 3 is 2.84 bits per heavy atom. The van der Waals surface area contributed by atoms with Gasteiger partial charge in [0.25, 0.3) is 5.91 Å². The molecule has 2 rings (SSSR count). The molecule has 0 aromatic carbocycles. The highest BCUT2D eigenvalue weighted by atomic mass is 16.5. The number of carbonyl (C=O) groups is 1. The van der Waals surface area contributed by atoms with Crippen LogP contribution in [0.5, 0.6) is 0 Å². The van der Waals surface area contributed by atoms with E-state index >= 15 is 0 Å². The molecular formula is C18H26N4O3. The highest BCUT2D eigenvalue weighted by Crippen LogP contribution is 2.17. The van der Waals surface area contributed by atoms with Crippen molar-refractivity contribution < 1.29 is 14.4 Å². The summed E-state index contributed by atoms with van der Waals surface area (Å²) in [7, 11) is 0. The summed E-state index contributed by atoms with van der Waals surface area (Å²) in [4.78, 5) is 16.2. The van der Waals surface area contributed by atoms with Gasteiger partial charge in [-0.05, 0) is 38.8 Å². The first-order valence-electron chi connectivity index (χ1n) is 8.61. The van der Waals surface area contributed by atoms with Crippen molar-refractivity contribution in [2.75, 3.05) is 11.9 Å². The van der Waals surface area contributed by atoms with E-state index in [0.717, 1.165) is 36.3 Å². The van der Waals surface area contributed by atoms with Gasteiger partial charge in [0.1, 0.15) is 11.6 Å². The Balaban J connectivity index is 1.94. The molecule has 0 radical (unpaired) electrons. The van der Waals surface area contributed by atoms with Crippen LogP contribution in [0.2, 0.25) is 0 Å². The Bertz CT molecular complexity index is 680. The summed E-state index contributed by atoms with van der Waals surface area (Å²) in [6, 6.07) is 3.46. The zero-order valence-corrected chi connectivity index (χ0v) is 15.0. The SMILES string of the molecule is CCCCc1noc(C)c1CNc1ccc(C(=O)NCC(C)O)cn1. The molecule has 0 aliphatic heterocycles. The number of hydrogen-bond acceptors (Lipinski definition) is 6. The van der Waals surface area contributed by atoms with E-state index < -0.39 is 6.10 Å². The lowest BCUT2D eigenvalue weighted by Gasteiger charge is -2.09. The average Bonchev–Trinajstić information content (AvgIpc) is 2.96. The van der Waals surface area contributed by atoms with Gasteiger partial charge >= 0.3 is 0 Å². The number of nitrogens with zero attached hydrogens (tertiary/aromatic N) is 2. The second-order valence-electron chi connectivity index (χ2n) is 6.11. The fourth-order valence-corrected chi connectivity index (χ4v) is 2.36. The maximum Gasteiger partial charge on any atom is 0.252 e. The van der Waals surface area contributed by atoms with E-state index in [1.54, 1.807) is 19.1 Å². The van der Waals surface area contributed by atoms with Crippen molar-refractivity contribution in [1.29, 1.82) is 0 Å². The summed E-state index contributed by atoms with van der Waals surface area (Å²) in [5, 5.41) is 19.2. The lowest BCUT2D eigenvalue weighted by atomic mass is 10.1. The number of unbranched alkanes of at least 4 members (excludes halogenated alkanes) is 1. The molecule has 3 N–H and O–H groups in total. The summed E-state index contributed by atoms with van der Waals surface area (Å²) in [6.45, 7) is 6.46. The Morgan fingerprint density at radius 1 is 1.40 bits per heavy atom. The van der Waals surface area contributed by atoms with Crippen molar-refractivity contribution in [3.05, 3.63) is 40.9 Å². The maximum absolute atomic E-state index is 11.9. The molecule has 0 aliphatic rings. The van der Waals surface area contributed by atoms with Gasteiger partial charge < -0.3 is 20.3 Å². The van der Waals surface area contributed by atoms with Crippen LogP contribution in [-0.2, 0) is 13.0 Å². The first-order chi connectivity index (χ1) is 12.0. The van der Waals surface area contributed by atoms with E-state index in [2.05, 4.69) is 27.7 Å². The molecule has 0 spiro atoms. The topological polar surface area (TPSA) is 100 Å². The van der Waals surface area contributed by atoms with Crippen LogP contribution in [0.3, 0.4) is 0 Å². The van der Waals surface area contributed by atoms with E-state index in [-0.39, 0.29) is 12.5 Å². The molecule has 2 aromatic heterocycles. The largest absolute Gasteiger partial charge is 0.392 e. The van der Waals surface area contributed by atoms with Gasteiger partial charge in [-0.1, -0.05) is 18.5 Å². The van der Waals surface area contributed by atoms with Crippen molar-refractivity contribution in [2.24, 2.45) is 0 Å². The van der Waals surface area contributed by atoms with Crippen LogP contribution in [0.1, 0.15) is 54.1 Å². The minimum atomic E-state index is -0.577. The molecule has 0 bridgehead atoms. The van der Waals surface area contributed by atoms with Crippen LogP contribution in [0.4, 0.5) is 5.82 Å². The van der Waals surface area contributed by atoms with E-state index in [4.69, 9.17) is 4.52 Å². The summed E-state index contributed by atoms with van der Waals surface area (Å²) in [6.07, 6.45) is 4.03. The number of amides is 1. The first-order valence-corrected chi connectivity index (χ1v) is 8.61. The van der Waals surface area contributed by atoms with Gasteiger partial charge in [-0.15, -0.1) is 0 Å². The van der Waals surface area contributed by atoms with E-state index in [0.29, 0.717) is 17.9 Å². The van der Waals surface area contributed by atoms with Gasteiger partial charge in [0.05, 0.1) is 17.4 Å². The Labute approximate surface area is 147 Å². The third-order valence-corrected chi connectivity index (χ3v) is 3.86. The third-order valence-electron chi connectivity index (χ3n) is 3.86. The number of pyridine rings is 1. The second kappa shape index (κ2) is 9.17. The van der Waals surface area contributed by atoms with Gasteiger partial charge in [0, 0.05) is 24.8 Å². The molecule has 7 nitrogen and oxygen atoms in total. The fourth-order valence-electron chi connectivity index (χ4n) is 2.36. The van der Waals surface area contributed by atoms with Crippen LogP contribution in [0.25, 0.3) is 0 Å². The molecule has 1 atom stereocenters. The predicted octanol–water partition coefficient (Wildman–Crippen LogP) is 2.44. The number of anilines is 1. The fraction of sp³-hybridized carbons (Fsp3) is 0.500. The quantitative estimate of drug-likeness (QED) is 0.645. The molecular weight excluding hydrogens is 320 g/mol.